The maximum atomic E-state index is 14.2. The van der Waals surface area contributed by atoms with Crippen LogP contribution in [-0.2, 0) is 15.3 Å². The Morgan fingerprint density at radius 2 is 1.78 bits per heavy atom. The second-order valence-electron chi connectivity index (χ2n) is 10.6. The number of nitrogens with zero attached hydrogens (tertiary/aromatic N) is 3. The van der Waals surface area contributed by atoms with Crippen molar-refractivity contribution in [3.8, 4) is 11.5 Å². The van der Waals surface area contributed by atoms with Crippen LogP contribution in [0.15, 0.2) is 76.6 Å². The van der Waals surface area contributed by atoms with Crippen LogP contribution in [0, 0.1) is 17.6 Å². The van der Waals surface area contributed by atoms with Crippen molar-refractivity contribution in [1.29, 1.82) is 0 Å². The van der Waals surface area contributed by atoms with Crippen LogP contribution in [0.4, 0.5) is 13.9 Å². The smallest absolute Gasteiger partial charge is 0.301 e. The van der Waals surface area contributed by atoms with Gasteiger partial charge in [0.1, 0.15) is 17.4 Å². The number of hydrogen-bond donors (Lipinski definition) is 1. The number of ether oxygens (including phenoxy) is 2. The third kappa shape index (κ3) is 7.18. The molecule has 1 unspecified atom stereocenters. The second-order valence-corrected chi connectivity index (χ2v) is 12.8. The van der Waals surface area contributed by atoms with Gasteiger partial charge < -0.3 is 14.6 Å². The maximum Gasteiger partial charge on any atom is 0.301 e. The summed E-state index contributed by atoms with van der Waals surface area (Å²) >= 11 is 2.30. The Labute approximate surface area is 267 Å². The first-order valence-corrected chi connectivity index (χ1v) is 16.1. The average molecular weight is 652 g/mol. The molecule has 0 saturated carbocycles. The molecule has 2 heterocycles. The molecule has 45 heavy (non-hydrogen) atoms. The number of Topliss-reactive ketones (excluding diaryl/α,β-unsaturated/α-hetero) is 1. The molecule has 5 rings (SSSR count). The van der Waals surface area contributed by atoms with Gasteiger partial charge in [-0.1, -0.05) is 61.2 Å². The second kappa shape index (κ2) is 14.2. The lowest BCUT2D eigenvalue weighted by molar-refractivity contribution is -0.132. The summed E-state index contributed by atoms with van der Waals surface area (Å²) in [5, 5.41) is 19.9. The first-order valence-electron chi connectivity index (χ1n) is 14.3. The van der Waals surface area contributed by atoms with E-state index in [1.54, 1.807) is 36.4 Å². The van der Waals surface area contributed by atoms with Crippen LogP contribution < -0.4 is 14.4 Å². The van der Waals surface area contributed by atoms with Gasteiger partial charge in [0.05, 0.1) is 24.8 Å². The summed E-state index contributed by atoms with van der Waals surface area (Å²) in [5.74, 6) is -1.56. The molecule has 1 aromatic heterocycles. The SMILES string of the molecule is CCOc1cc(C2C(=C(O)c3ccc(F)cc3)C(=O)C(=O)N2c2nnc(SCc3ccccc3F)s2)ccc1OCCC(C)C. The molecule has 4 aromatic rings. The third-order valence-electron chi connectivity index (χ3n) is 7.01. The number of carbonyl (C=O) groups is 2. The molecule has 0 bridgehead atoms. The van der Waals surface area contributed by atoms with Gasteiger partial charge in [-0.05, 0) is 72.9 Å². The Hall–Kier alpha value is -4.29. The van der Waals surface area contributed by atoms with Crippen LogP contribution in [0.25, 0.3) is 5.76 Å². The van der Waals surface area contributed by atoms with Crippen LogP contribution in [0.2, 0.25) is 0 Å². The molecule has 1 fully saturated rings. The molecule has 0 spiro atoms. The maximum absolute atomic E-state index is 14.2. The summed E-state index contributed by atoms with van der Waals surface area (Å²) < 4.78 is 40.2. The van der Waals surface area contributed by atoms with Crippen molar-refractivity contribution in [3.63, 3.8) is 0 Å². The number of halogens is 2. The molecule has 1 N–H and O–H groups in total. The number of amides is 1. The zero-order valence-electron chi connectivity index (χ0n) is 24.8. The predicted octanol–water partition coefficient (Wildman–Crippen LogP) is 7.56. The fourth-order valence-electron chi connectivity index (χ4n) is 4.71. The highest BCUT2D eigenvalue weighted by Gasteiger charge is 2.48. The number of aliphatic hydroxyl groups is 1. The van der Waals surface area contributed by atoms with Crippen molar-refractivity contribution in [2.45, 2.75) is 43.3 Å². The number of ketones is 1. The van der Waals surface area contributed by atoms with E-state index in [2.05, 4.69) is 24.0 Å². The molecule has 3 aromatic carbocycles. The number of hydrogen-bond acceptors (Lipinski definition) is 9. The Morgan fingerprint density at radius 1 is 1.02 bits per heavy atom. The van der Waals surface area contributed by atoms with Crippen molar-refractivity contribution >= 4 is 45.7 Å². The number of aliphatic hydroxyl groups excluding tert-OH is 1. The van der Waals surface area contributed by atoms with Crippen molar-refractivity contribution in [1.82, 2.24) is 10.2 Å². The van der Waals surface area contributed by atoms with E-state index in [9.17, 15) is 23.5 Å². The highest BCUT2D eigenvalue weighted by molar-refractivity contribution is 8.00. The topological polar surface area (TPSA) is 102 Å². The van der Waals surface area contributed by atoms with E-state index in [0.717, 1.165) is 29.9 Å². The lowest BCUT2D eigenvalue weighted by atomic mass is 9.95. The Kier molecular flexibility index (Phi) is 10.1. The number of carbonyl (C=O) groups excluding carboxylic acids is 2. The van der Waals surface area contributed by atoms with E-state index < -0.39 is 29.3 Å². The van der Waals surface area contributed by atoms with Crippen LogP contribution in [0.3, 0.4) is 0 Å². The van der Waals surface area contributed by atoms with E-state index in [0.29, 0.717) is 46.1 Å². The fraction of sp³-hybridized carbons (Fsp3) is 0.273. The monoisotopic (exact) mass is 651 g/mol. The normalized spacial score (nSPS) is 16.0. The highest BCUT2D eigenvalue weighted by Crippen LogP contribution is 2.45. The highest BCUT2D eigenvalue weighted by atomic mass is 32.2. The molecule has 1 aliphatic rings. The predicted molar refractivity (Wildman–Crippen MR) is 170 cm³/mol. The number of rotatable bonds is 12. The van der Waals surface area contributed by atoms with E-state index >= 15 is 0 Å². The molecular weight excluding hydrogens is 621 g/mol. The molecule has 12 heteroatoms. The van der Waals surface area contributed by atoms with Gasteiger partial charge in [0.2, 0.25) is 5.13 Å². The van der Waals surface area contributed by atoms with E-state index in [-0.39, 0.29) is 27.8 Å². The number of thioether (sulfide) groups is 1. The average Bonchev–Trinajstić information content (AvgIpc) is 3.59. The minimum Gasteiger partial charge on any atom is -0.507 e. The molecule has 234 valence electrons. The fourth-order valence-corrected chi connectivity index (χ4v) is 6.56. The molecule has 1 aliphatic heterocycles. The van der Waals surface area contributed by atoms with Crippen molar-refractivity contribution < 1.29 is 33.0 Å². The third-order valence-corrected chi connectivity index (χ3v) is 9.11. The molecule has 1 atom stereocenters. The first kappa shape index (κ1) is 32.1. The minimum atomic E-state index is -1.11. The van der Waals surface area contributed by atoms with Gasteiger partial charge in [-0.25, -0.2) is 8.78 Å². The van der Waals surface area contributed by atoms with Crippen molar-refractivity contribution in [2.24, 2.45) is 5.92 Å². The lowest BCUT2D eigenvalue weighted by Gasteiger charge is -2.23. The Bertz CT molecular complexity index is 1730. The van der Waals surface area contributed by atoms with E-state index in [4.69, 9.17) is 9.47 Å². The van der Waals surface area contributed by atoms with Crippen LogP contribution in [0.5, 0.6) is 11.5 Å². The molecular formula is C33H31F2N3O5S2. The Morgan fingerprint density at radius 3 is 2.49 bits per heavy atom. The first-order chi connectivity index (χ1) is 21.7. The zero-order valence-corrected chi connectivity index (χ0v) is 26.5. The summed E-state index contributed by atoms with van der Waals surface area (Å²) in [7, 11) is 0. The van der Waals surface area contributed by atoms with Crippen LogP contribution >= 0.6 is 23.1 Å². The summed E-state index contributed by atoms with van der Waals surface area (Å²) in [6.45, 7) is 6.82. The van der Waals surface area contributed by atoms with Gasteiger partial charge in [-0.2, -0.15) is 0 Å². The lowest BCUT2D eigenvalue weighted by Crippen LogP contribution is -2.29. The van der Waals surface area contributed by atoms with Crippen LogP contribution in [0.1, 0.15) is 49.9 Å². The number of anilines is 1. The summed E-state index contributed by atoms with van der Waals surface area (Å²) in [6.07, 6.45) is 0.833. The quantitative estimate of drug-likeness (QED) is 0.0551. The van der Waals surface area contributed by atoms with Crippen molar-refractivity contribution in [2.75, 3.05) is 18.1 Å². The summed E-state index contributed by atoms with van der Waals surface area (Å²) in [5.41, 5.74) is 0.904. The minimum absolute atomic E-state index is 0.117. The van der Waals surface area contributed by atoms with Crippen molar-refractivity contribution in [3.05, 3.63) is 101 Å². The van der Waals surface area contributed by atoms with Gasteiger partial charge in [-0.3, -0.25) is 14.5 Å². The standard InChI is InChI=1S/C33H31F2N3O5S2/c1-4-42-26-17-21(11-14-25(26)43-16-15-19(2)3)28-27(29(39)20-9-12-23(34)13-10-20)30(40)31(41)38(28)32-36-37-33(45-32)44-18-22-7-5-6-8-24(22)35/h5-14,17,19,28,39H,4,15-16,18H2,1-3H3. The summed E-state index contributed by atoms with van der Waals surface area (Å²) in [4.78, 5) is 28.4. The number of aromatic nitrogens is 2. The largest absolute Gasteiger partial charge is 0.507 e. The Balaban J connectivity index is 1.56. The molecule has 0 radical (unpaired) electrons. The zero-order chi connectivity index (χ0) is 32.1. The summed E-state index contributed by atoms with van der Waals surface area (Å²) in [6, 6.07) is 15.3. The molecule has 0 aliphatic carbocycles. The van der Waals surface area contributed by atoms with E-state index in [1.807, 2.05) is 6.92 Å². The van der Waals surface area contributed by atoms with Gasteiger partial charge >= 0.3 is 5.91 Å². The number of benzene rings is 3. The van der Waals surface area contributed by atoms with Gasteiger partial charge in [0.15, 0.2) is 15.8 Å². The van der Waals surface area contributed by atoms with Gasteiger partial charge in [-0.15, -0.1) is 10.2 Å². The molecule has 8 nitrogen and oxygen atoms in total. The molecule has 1 amide bonds. The van der Waals surface area contributed by atoms with Gasteiger partial charge in [0, 0.05) is 11.3 Å². The molecule has 1 saturated heterocycles. The van der Waals surface area contributed by atoms with Gasteiger partial charge in [0.25, 0.3) is 5.78 Å². The van der Waals surface area contributed by atoms with E-state index in [1.165, 1.54) is 34.9 Å². The van der Waals surface area contributed by atoms with Crippen LogP contribution in [-0.4, -0.2) is 40.2 Å².